The van der Waals surface area contributed by atoms with E-state index in [0.717, 1.165) is 5.69 Å². The van der Waals surface area contributed by atoms with Gasteiger partial charge in [-0.15, -0.1) is 11.3 Å². The van der Waals surface area contributed by atoms with Crippen LogP contribution >= 0.6 is 23.6 Å². The summed E-state index contributed by atoms with van der Waals surface area (Å²) in [7, 11) is 0. The molecule has 1 aromatic heterocycles. The van der Waals surface area contributed by atoms with Crippen LogP contribution in [0.15, 0.2) is 5.38 Å². The third kappa shape index (κ3) is 1.02. The van der Waals surface area contributed by atoms with Gasteiger partial charge in [0.05, 0.1) is 5.69 Å². The number of rotatable bonds is 1. The van der Waals surface area contributed by atoms with Crippen molar-refractivity contribution in [3.8, 4) is 0 Å². The number of aromatic nitrogens is 1. The Morgan fingerprint density at radius 2 is 2.62 bits per heavy atom. The maximum Gasteiger partial charge on any atom is 0.180 e. The summed E-state index contributed by atoms with van der Waals surface area (Å²) in [5.41, 5.74) is 6.08. The second-order valence-corrected chi connectivity index (χ2v) is 2.35. The molecule has 0 aliphatic heterocycles. The van der Waals surface area contributed by atoms with E-state index in [-0.39, 0.29) is 0 Å². The lowest BCUT2D eigenvalue weighted by molar-refractivity contribution is 1.41. The van der Waals surface area contributed by atoms with E-state index >= 15 is 0 Å². The summed E-state index contributed by atoms with van der Waals surface area (Å²) in [6.45, 7) is 0. The summed E-state index contributed by atoms with van der Waals surface area (Å²) in [5, 5.41) is 3.90. The van der Waals surface area contributed by atoms with E-state index in [2.05, 4.69) is 17.2 Å². The van der Waals surface area contributed by atoms with E-state index in [1.807, 2.05) is 5.38 Å². The number of hydrogen-bond acceptors (Lipinski definition) is 4. The average Bonchev–Trinajstić information content (AvgIpc) is 2.14. The van der Waals surface area contributed by atoms with Crippen LogP contribution in [0.4, 0.5) is 5.13 Å². The van der Waals surface area contributed by atoms with Crippen molar-refractivity contribution >= 4 is 34.1 Å². The highest BCUT2D eigenvalue weighted by molar-refractivity contribution is 7.79. The maximum absolute atomic E-state index is 5.30. The second-order valence-electron chi connectivity index (χ2n) is 1.23. The van der Waals surface area contributed by atoms with E-state index in [0.29, 0.717) is 5.13 Å². The Morgan fingerprint density at radius 1 is 1.88 bits per heavy atom. The summed E-state index contributed by atoms with van der Waals surface area (Å²) in [6.07, 6.45) is 0. The molecule has 0 unspecified atom stereocenters. The molecule has 0 fully saturated rings. The van der Waals surface area contributed by atoms with Gasteiger partial charge in [-0.3, -0.25) is 0 Å². The molecule has 0 radical (unpaired) electrons. The molecule has 1 heterocycles. The smallest absolute Gasteiger partial charge is 0.180 e. The Kier molecular flexibility index (Phi) is 1.55. The number of thiocarbonyl (C=S) groups is 1. The number of nitrogens with zero attached hydrogens (tertiary/aromatic N) is 1. The number of thiazole rings is 1. The minimum Gasteiger partial charge on any atom is -0.375 e. The van der Waals surface area contributed by atoms with Crippen LogP contribution in [0, 0.1) is 0 Å². The molecule has 0 bridgehead atoms. The van der Waals surface area contributed by atoms with Gasteiger partial charge < -0.3 is 5.73 Å². The molecule has 1 aromatic rings. The molecular formula is C4H4N2S2. The van der Waals surface area contributed by atoms with E-state index in [4.69, 9.17) is 5.73 Å². The highest BCUT2D eigenvalue weighted by Gasteiger charge is 1.90. The summed E-state index contributed by atoms with van der Waals surface area (Å²) < 4.78 is 0. The number of anilines is 1. The van der Waals surface area contributed by atoms with Crippen LogP contribution in [0.3, 0.4) is 0 Å². The first-order valence-corrected chi connectivity index (χ1v) is 3.34. The predicted molar refractivity (Wildman–Crippen MR) is 39.3 cm³/mol. The zero-order valence-electron chi connectivity index (χ0n) is 4.00. The molecule has 2 nitrogen and oxygen atoms in total. The minimum atomic E-state index is 0.570. The average molecular weight is 144 g/mol. The lowest BCUT2D eigenvalue weighted by Crippen LogP contribution is -1.82. The van der Waals surface area contributed by atoms with Gasteiger partial charge in [0.25, 0.3) is 0 Å². The summed E-state index contributed by atoms with van der Waals surface area (Å²) in [5.74, 6) is 0. The van der Waals surface area contributed by atoms with E-state index in [1.54, 1.807) is 0 Å². The Hall–Kier alpha value is -0.480. The van der Waals surface area contributed by atoms with E-state index in [9.17, 15) is 0 Å². The Balaban J connectivity index is 3.00. The van der Waals surface area contributed by atoms with Crippen LogP contribution in [-0.2, 0) is 0 Å². The van der Waals surface area contributed by atoms with Crippen LogP contribution in [0.1, 0.15) is 5.69 Å². The first kappa shape index (κ1) is 5.65. The molecule has 4 heteroatoms. The van der Waals surface area contributed by atoms with Crippen molar-refractivity contribution < 1.29 is 0 Å². The van der Waals surface area contributed by atoms with Crippen molar-refractivity contribution in [3.63, 3.8) is 0 Å². The SMILES string of the molecule is Nc1nc(C=S)cs1. The maximum atomic E-state index is 5.30. The molecule has 0 spiro atoms. The number of hydrogen-bond donors (Lipinski definition) is 1. The van der Waals surface area contributed by atoms with Gasteiger partial charge >= 0.3 is 0 Å². The first-order valence-electron chi connectivity index (χ1n) is 1.99. The third-order valence-electron chi connectivity index (χ3n) is 0.660. The van der Waals surface area contributed by atoms with Crippen LogP contribution in [-0.4, -0.2) is 10.4 Å². The van der Waals surface area contributed by atoms with Crippen molar-refractivity contribution in [1.82, 2.24) is 4.98 Å². The molecule has 0 saturated carbocycles. The molecule has 42 valence electrons. The topological polar surface area (TPSA) is 38.9 Å². The van der Waals surface area contributed by atoms with Gasteiger partial charge in [0, 0.05) is 10.7 Å². The van der Waals surface area contributed by atoms with Crippen molar-refractivity contribution in [2.45, 2.75) is 0 Å². The van der Waals surface area contributed by atoms with Crippen LogP contribution < -0.4 is 5.73 Å². The zero-order valence-corrected chi connectivity index (χ0v) is 5.63. The van der Waals surface area contributed by atoms with Crippen molar-refractivity contribution in [1.29, 1.82) is 0 Å². The molecule has 1 rings (SSSR count). The number of nitrogen functional groups attached to an aromatic ring is 1. The van der Waals surface area contributed by atoms with Crippen molar-refractivity contribution in [3.05, 3.63) is 11.1 Å². The monoisotopic (exact) mass is 144 g/mol. The lowest BCUT2D eigenvalue weighted by Gasteiger charge is -1.73. The largest absolute Gasteiger partial charge is 0.375 e. The Labute approximate surface area is 56.4 Å². The van der Waals surface area contributed by atoms with E-state index < -0.39 is 0 Å². The predicted octanol–water partition coefficient (Wildman–Crippen LogP) is 1.07. The number of nitrogens with two attached hydrogens (primary N) is 1. The van der Waals surface area contributed by atoms with E-state index in [1.165, 1.54) is 16.7 Å². The Morgan fingerprint density at radius 3 is 2.88 bits per heavy atom. The molecule has 0 aromatic carbocycles. The summed E-state index contributed by atoms with van der Waals surface area (Å²) >= 11 is 5.99. The molecule has 0 amide bonds. The normalized spacial score (nSPS) is 9.00. The summed E-state index contributed by atoms with van der Waals surface area (Å²) in [4.78, 5) is 3.87. The Bertz CT molecular complexity index is 194. The molecular weight excluding hydrogens is 140 g/mol. The van der Waals surface area contributed by atoms with Crippen LogP contribution in [0.2, 0.25) is 0 Å². The fraction of sp³-hybridized carbons (Fsp3) is 0. The fourth-order valence-electron chi connectivity index (χ4n) is 0.355. The van der Waals surface area contributed by atoms with Crippen molar-refractivity contribution in [2.24, 2.45) is 0 Å². The van der Waals surface area contributed by atoms with Crippen LogP contribution in [0.25, 0.3) is 0 Å². The van der Waals surface area contributed by atoms with Gasteiger partial charge in [0.1, 0.15) is 0 Å². The van der Waals surface area contributed by atoms with Gasteiger partial charge in [-0.05, 0) is 0 Å². The summed E-state index contributed by atoms with van der Waals surface area (Å²) in [6, 6.07) is 0. The second kappa shape index (κ2) is 2.19. The van der Waals surface area contributed by atoms with Gasteiger partial charge in [-0.2, -0.15) is 0 Å². The molecule has 8 heavy (non-hydrogen) atoms. The highest BCUT2D eigenvalue weighted by Crippen LogP contribution is 2.08. The molecule has 0 atom stereocenters. The van der Waals surface area contributed by atoms with Gasteiger partial charge in [0.15, 0.2) is 5.13 Å². The van der Waals surface area contributed by atoms with Gasteiger partial charge in [-0.1, -0.05) is 12.2 Å². The third-order valence-corrected chi connectivity index (χ3v) is 1.59. The van der Waals surface area contributed by atoms with Gasteiger partial charge in [0.2, 0.25) is 0 Å². The quantitative estimate of drug-likeness (QED) is 0.599. The van der Waals surface area contributed by atoms with Crippen molar-refractivity contribution in [2.75, 3.05) is 5.73 Å². The fourth-order valence-corrected chi connectivity index (χ4v) is 1.08. The first-order chi connectivity index (χ1) is 3.83. The molecule has 0 aliphatic carbocycles. The standard InChI is InChI=1S/C4H4N2S2/c5-4-6-3(1-7)2-8-4/h1-2H,(H2,5,6). The molecule has 0 aliphatic rings. The molecule has 0 saturated heterocycles. The van der Waals surface area contributed by atoms with Gasteiger partial charge in [-0.25, -0.2) is 4.98 Å². The zero-order chi connectivity index (χ0) is 5.98. The minimum absolute atomic E-state index is 0.570. The lowest BCUT2D eigenvalue weighted by atomic mass is 10.6. The van der Waals surface area contributed by atoms with Crippen LogP contribution in [0.5, 0.6) is 0 Å². The highest BCUT2D eigenvalue weighted by atomic mass is 32.1. The molecule has 2 N–H and O–H groups in total.